The summed E-state index contributed by atoms with van der Waals surface area (Å²) in [6, 6.07) is 8.61. The topological polar surface area (TPSA) is 115 Å². The molecular formula is C13H21ClN6. The van der Waals surface area contributed by atoms with Crippen molar-refractivity contribution in [2.24, 2.45) is 33.2 Å². The van der Waals surface area contributed by atoms with E-state index < -0.39 is 0 Å². The standard InChI is InChI=1S/C13H20N6.ClH/c1-8(17-13(16)19-18-12(14)15)11-6-9-4-2-3-5-10(9)7-11;/h2-5,8,11H,6-7H2,1H3,(H4,14,15,18)(H3,16,17,19);1H. The Labute approximate surface area is 124 Å². The molecule has 0 fully saturated rings. The number of hydrogen-bond donors (Lipinski definition) is 4. The molecule has 0 aromatic heterocycles. The molecule has 20 heavy (non-hydrogen) atoms. The molecule has 0 saturated heterocycles. The Hall–Kier alpha value is -1.95. The van der Waals surface area contributed by atoms with Gasteiger partial charge in [-0.25, -0.2) is 10.4 Å². The molecule has 1 atom stereocenters. The number of benzene rings is 1. The lowest BCUT2D eigenvalue weighted by Crippen LogP contribution is -2.34. The predicted octanol–water partition coefficient (Wildman–Crippen LogP) is 0.304. The first kappa shape index (κ1) is 16.1. The van der Waals surface area contributed by atoms with E-state index in [4.69, 9.17) is 17.2 Å². The fourth-order valence-electron chi connectivity index (χ4n) is 2.41. The molecular weight excluding hydrogens is 276 g/mol. The van der Waals surface area contributed by atoms with Gasteiger partial charge in [-0.3, -0.25) is 0 Å². The zero-order valence-electron chi connectivity index (χ0n) is 11.4. The summed E-state index contributed by atoms with van der Waals surface area (Å²) in [6.45, 7) is 2.06. The van der Waals surface area contributed by atoms with Crippen LogP contribution in [-0.4, -0.2) is 18.0 Å². The molecule has 0 radical (unpaired) electrons. The molecule has 0 bridgehead atoms. The highest BCUT2D eigenvalue weighted by Crippen LogP contribution is 2.29. The van der Waals surface area contributed by atoms with E-state index in [-0.39, 0.29) is 30.4 Å². The third-order valence-electron chi connectivity index (χ3n) is 3.41. The van der Waals surface area contributed by atoms with Gasteiger partial charge in [0.1, 0.15) is 0 Å². The van der Waals surface area contributed by atoms with Crippen molar-refractivity contribution in [3.8, 4) is 0 Å². The largest absolute Gasteiger partial charge is 0.369 e. The molecule has 0 spiro atoms. The first-order valence-electron chi connectivity index (χ1n) is 6.31. The zero-order valence-corrected chi connectivity index (χ0v) is 12.2. The van der Waals surface area contributed by atoms with Gasteiger partial charge in [-0.15, -0.1) is 17.5 Å². The number of hydrazone groups is 1. The van der Waals surface area contributed by atoms with Crippen molar-refractivity contribution >= 4 is 24.3 Å². The Morgan fingerprint density at radius 1 is 1.20 bits per heavy atom. The van der Waals surface area contributed by atoms with Gasteiger partial charge in [0, 0.05) is 0 Å². The number of aliphatic imine (C=N–C) groups is 1. The van der Waals surface area contributed by atoms with Crippen molar-refractivity contribution in [3.63, 3.8) is 0 Å². The van der Waals surface area contributed by atoms with Crippen molar-refractivity contribution in [2.75, 3.05) is 0 Å². The molecule has 110 valence electrons. The number of hydrogen-bond acceptors (Lipinski definition) is 2. The van der Waals surface area contributed by atoms with Gasteiger partial charge in [0.15, 0.2) is 0 Å². The van der Waals surface area contributed by atoms with Crippen LogP contribution in [0.3, 0.4) is 0 Å². The molecule has 0 heterocycles. The van der Waals surface area contributed by atoms with Crippen LogP contribution in [-0.2, 0) is 12.8 Å². The van der Waals surface area contributed by atoms with E-state index in [0.29, 0.717) is 5.92 Å². The average Bonchev–Trinajstić information content (AvgIpc) is 2.80. The van der Waals surface area contributed by atoms with Gasteiger partial charge in [-0.05, 0) is 36.8 Å². The first-order valence-corrected chi connectivity index (χ1v) is 6.31. The summed E-state index contributed by atoms with van der Waals surface area (Å²) < 4.78 is 0. The van der Waals surface area contributed by atoms with Crippen LogP contribution >= 0.6 is 12.4 Å². The Balaban J connectivity index is 0.00000200. The molecule has 1 unspecified atom stereocenters. The SMILES string of the molecule is CC(N=C(N)NN=C(N)N)C1Cc2ccccc2C1.Cl. The van der Waals surface area contributed by atoms with Crippen molar-refractivity contribution in [2.45, 2.75) is 25.8 Å². The minimum absolute atomic E-state index is 0. The summed E-state index contributed by atoms with van der Waals surface area (Å²) >= 11 is 0. The quantitative estimate of drug-likeness (QED) is 0.365. The summed E-state index contributed by atoms with van der Waals surface area (Å²) in [6.07, 6.45) is 2.08. The molecule has 6 nitrogen and oxygen atoms in total. The Kier molecular flexibility index (Phi) is 5.64. The van der Waals surface area contributed by atoms with Crippen LogP contribution in [0, 0.1) is 5.92 Å². The number of rotatable bonds is 3. The van der Waals surface area contributed by atoms with E-state index in [2.05, 4.69) is 46.7 Å². The monoisotopic (exact) mass is 296 g/mol. The minimum Gasteiger partial charge on any atom is -0.369 e. The normalized spacial score (nSPS) is 15.9. The lowest BCUT2D eigenvalue weighted by Gasteiger charge is -2.15. The Morgan fingerprint density at radius 2 is 1.75 bits per heavy atom. The highest BCUT2D eigenvalue weighted by molar-refractivity contribution is 5.85. The van der Waals surface area contributed by atoms with E-state index in [0.717, 1.165) is 12.8 Å². The van der Waals surface area contributed by atoms with Crippen LogP contribution in [0.25, 0.3) is 0 Å². The van der Waals surface area contributed by atoms with Gasteiger partial charge in [0.25, 0.3) is 0 Å². The van der Waals surface area contributed by atoms with Crippen molar-refractivity contribution in [1.82, 2.24) is 5.43 Å². The summed E-state index contributed by atoms with van der Waals surface area (Å²) in [5.41, 5.74) is 21.5. The van der Waals surface area contributed by atoms with Crippen LogP contribution < -0.4 is 22.6 Å². The highest BCUT2D eigenvalue weighted by atomic mass is 35.5. The number of halogens is 1. The molecule has 7 heteroatoms. The van der Waals surface area contributed by atoms with Crippen LogP contribution in [0.5, 0.6) is 0 Å². The van der Waals surface area contributed by atoms with Crippen LogP contribution in [0.15, 0.2) is 34.4 Å². The molecule has 2 rings (SSSR count). The molecule has 1 aliphatic rings. The van der Waals surface area contributed by atoms with Crippen LogP contribution in [0.4, 0.5) is 0 Å². The van der Waals surface area contributed by atoms with E-state index in [9.17, 15) is 0 Å². The van der Waals surface area contributed by atoms with Gasteiger partial charge in [0.2, 0.25) is 11.9 Å². The van der Waals surface area contributed by atoms with Gasteiger partial charge >= 0.3 is 0 Å². The summed E-state index contributed by atoms with van der Waals surface area (Å²) in [7, 11) is 0. The molecule has 7 N–H and O–H groups in total. The third-order valence-corrected chi connectivity index (χ3v) is 3.41. The van der Waals surface area contributed by atoms with E-state index in [1.54, 1.807) is 0 Å². The van der Waals surface area contributed by atoms with Crippen molar-refractivity contribution < 1.29 is 0 Å². The fraction of sp³-hybridized carbons (Fsp3) is 0.385. The third kappa shape index (κ3) is 4.03. The summed E-state index contributed by atoms with van der Waals surface area (Å²) in [4.78, 5) is 4.38. The second kappa shape index (κ2) is 7.00. The number of fused-ring (bicyclic) bond motifs is 1. The van der Waals surface area contributed by atoms with Crippen molar-refractivity contribution in [3.05, 3.63) is 35.4 Å². The highest BCUT2D eigenvalue weighted by Gasteiger charge is 2.25. The number of nitrogens with one attached hydrogen (secondary N) is 1. The Bertz CT molecular complexity index is 484. The van der Waals surface area contributed by atoms with Gasteiger partial charge in [-0.1, -0.05) is 24.3 Å². The summed E-state index contributed by atoms with van der Waals surface area (Å²) in [5.74, 6) is 0.632. The smallest absolute Gasteiger partial charge is 0.209 e. The maximum Gasteiger partial charge on any atom is 0.209 e. The van der Waals surface area contributed by atoms with E-state index >= 15 is 0 Å². The molecule has 0 saturated carbocycles. The maximum absolute atomic E-state index is 5.72. The van der Waals surface area contributed by atoms with Gasteiger partial charge in [-0.2, -0.15) is 0 Å². The molecule has 0 aliphatic heterocycles. The number of nitrogens with two attached hydrogens (primary N) is 3. The molecule has 1 aromatic carbocycles. The van der Waals surface area contributed by atoms with Gasteiger partial charge < -0.3 is 17.2 Å². The molecule has 0 amide bonds. The van der Waals surface area contributed by atoms with Crippen LogP contribution in [0.2, 0.25) is 0 Å². The van der Waals surface area contributed by atoms with E-state index in [1.165, 1.54) is 11.1 Å². The molecule has 1 aromatic rings. The maximum atomic E-state index is 5.72. The summed E-state index contributed by atoms with van der Waals surface area (Å²) in [5, 5.41) is 3.61. The first-order chi connectivity index (χ1) is 9.06. The minimum atomic E-state index is -0.0703. The number of guanidine groups is 2. The fourth-order valence-corrected chi connectivity index (χ4v) is 2.41. The Morgan fingerprint density at radius 3 is 2.25 bits per heavy atom. The average molecular weight is 297 g/mol. The van der Waals surface area contributed by atoms with Crippen LogP contribution in [0.1, 0.15) is 18.1 Å². The lowest BCUT2D eigenvalue weighted by atomic mass is 9.99. The second-order valence-corrected chi connectivity index (χ2v) is 4.84. The lowest BCUT2D eigenvalue weighted by molar-refractivity contribution is 0.467. The second-order valence-electron chi connectivity index (χ2n) is 4.84. The van der Waals surface area contributed by atoms with Crippen molar-refractivity contribution in [1.29, 1.82) is 0 Å². The molecule has 1 aliphatic carbocycles. The number of nitrogens with zero attached hydrogens (tertiary/aromatic N) is 2. The zero-order chi connectivity index (χ0) is 13.8. The van der Waals surface area contributed by atoms with E-state index in [1.807, 2.05) is 0 Å². The van der Waals surface area contributed by atoms with Gasteiger partial charge in [0.05, 0.1) is 6.04 Å². The predicted molar refractivity (Wildman–Crippen MR) is 84.6 cm³/mol.